The van der Waals surface area contributed by atoms with Crippen LogP contribution >= 0.6 is 0 Å². The fraction of sp³-hybridized carbons (Fsp3) is 0.222. The first kappa shape index (κ1) is 15.1. The average Bonchev–Trinajstić information content (AvgIpc) is 3.06. The summed E-state index contributed by atoms with van der Waals surface area (Å²) < 4.78 is 10.9. The molecule has 5 heteroatoms. The zero-order valence-electron chi connectivity index (χ0n) is 13.5. The molecule has 0 atom stereocenters. The quantitative estimate of drug-likeness (QED) is 0.777. The predicted octanol–water partition coefficient (Wildman–Crippen LogP) is 3.85. The van der Waals surface area contributed by atoms with E-state index >= 15 is 0 Å². The van der Waals surface area contributed by atoms with Crippen molar-refractivity contribution in [3.8, 4) is 34.3 Å². The van der Waals surface area contributed by atoms with Gasteiger partial charge in [-0.05, 0) is 32.0 Å². The van der Waals surface area contributed by atoms with Gasteiger partial charge in [0.05, 0.1) is 13.7 Å². The van der Waals surface area contributed by atoms with Gasteiger partial charge in [0.25, 0.3) is 0 Å². The lowest BCUT2D eigenvalue weighted by atomic mass is 10.1. The highest BCUT2D eigenvalue weighted by Gasteiger charge is 2.11. The molecule has 0 spiro atoms. The Balaban J connectivity index is 1.92. The molecule has 0 aliphatic rings. The third-order valence-corrected chi connectivity index (χ3v) is 3.53. The summed E-state index contributed by atoms with van der Waals surface area (Å²) in [6, 6.07) is 13.8. The molecule has 1 heterocycles. The van der Waals surface area contributed by atoms with Crippen LogP contribution in [0.25, 0.3) is 22.8 Å². The summed E-state index contributed by atoms with van der Waals surface area (Å²) in [5.74, 6) is 2.76. The topological polar surface area (TPSA) is 60.0 Å². The number of hydrogen-bond acceptors (Lipinski definition) is 4. The van der Waals surface area contributed by atoms with Crippen molar-refractivity contribution in [3.05, 3.63) is 48.0 Å². The summed E-state index contributed by atoms with van der Waals surface area (Å²) in [5.41, 5.74) is 3.09. The van der Waals surface area contributed by atoms with Crippen molar-refractivity contribution >= 4 is 0 Å². The standard InChI is InChI=1S/C18H19N3O2/c1-4-23-15-10-9-14(11-16(15)22-3)18-19-17(20-21-18)13-7-5-12(2)6-8-13/h5-11H,4H2,1-3H3,(H,19,20,21). The molecule has 0 radical (unpaired) electrons. The van der Waals surface area contributed by atoms with E-state index in [1.54, 1.807) is 7.11 Å². The molecule has 0 saturated carbocycles. The second-order valence-corrected chi connectivity index (χ2v) is 5.17. The molecule has 0 aliphatic carbocycles. The minimum Gasteiger partial charge on any atom is -0.493 e. The Morgan fingerprint density at radius 3 is 2.43 bits per heavy atom. The Morgan fingerprint density at radius 2 is 1.74 bits per heavy atom. The lowest BCUT2D eigenvalue weighted by Crippen LogP contribution is -1.95. The second kappa shape index (κ2) is 6.52. The summed E-state index contributed by atoms with van der Waals surface area (Å²) in [6.07, 6.45) is 0. The van der Waals surface area contributed by atoms with Crippen LogP contribution in [0.1, 0.15) is 12.5 Å². The molecule has 118 valence electrons. The van der Waals surface area contributed by atoms with Gasteiger partial charge in [-0.25, -0.2) is 4.98 Å². The Morgan fingerprint density at radius 1 is 1.00 bits per heavy atom. The fourth-order valence-electron chi connectivity index (χ4n) is 2.31. The maximum absolute atomic E-state index is 5.53. The van der Waals surface area contributed by atoms with Crippen molar-refractivity contribution in [2.75, 3.05) is 13.7 Å². The largest absolute Gasteiger partial charge is 0.493 e. The first-order valence-corrected chi connectivity index (χ1v) is 7.52. The second-order valence-electron chi connectivity index (χ2n) is 5.17. The summed E-state index contributed by atoms with van der Waals surface area (Å²) in [5, 5.41) is 7.29. The van der Waals surface area contributed by atoms with E-state index in [1.165, 1.54) is 5.56 Å². The van der Waals surface area contributed by atoms with Crippen LogP contribution in [0.4, 0.5) is 0 Å². The van der Waals surface area contributed by atoms with E-state index in [0.717, 1.165) is 17.0 Å². The van der Waals surface area contributed by atoms with Gasteiger partial charge < -0.3 is 9.47 Å². The van der Waals surface area contributed by atoms with E-state index in [1.807, 2.05) is 37.3 Å². The van der Waals surface area contributed by atoms with E-state index in [9.17, 15) is 0 Å². The van der Waals surface area contributed by atoms with Gasteiger partial charge in [0.2, 0.25) is 0 Å². The maximum Gasteiger partial charge on any atom is 0.181 e. The maximum atomic E-state index is 5.53. The Kier molecular flexibility index (Phi) is 4.28. The van der Waals surface area contributed by atoms with Crippen LogP contribution in [0.3, 0.4) is 0 Å². The van der Waals surface area contributed by atoms with Crippen LogP contribution in [0.2, 0.25) is 0 Å². The van der Waals surface area contributed by atoms with Crippen molar-refractivity contribution < 1.29 is 9.47 Å². The van der Waals surface area contributed by atoms with Gasteiger partial charge in [0.1, 0.15) is 0 Å². The lowest BCUT2D eigenvalue weighted by Gasteiger charge is -2.09. The lowest BCUT2D eigenvalue weighted by molar-refractivity contribution is 0.311. The Labute approximate surface area is 135 Å². The van der Waals surface area contributed by atoms with Gasteiger partial charge in [-0.1, -0.05) is 29.8 Å². The molecule has 1 N–H and O–H groups in total. The number of ether oxygens (including phenoxy) is 2. The van der Waals surface area contributed by atoms with Gasteiger partial charge >= 0.3 is 0 Å². The van der Waals surface area contributed by atoms with E-state index in [0.29, 0.717) is 23.9 Å². The summed E-state index contributed by atoms with van der Waals surface area (Å²) in [6.45, 7) is 4.59. The van der Waals surface area contributed by atoms with Crippen LogP contribution in [0.5, 0.6) is 11.5 Å². The molecule has 5 nitrogen and oxygen atoms in total. The van der Waals surface area contributed by atoms with Gasteiger partial charge in [0.15, 0.2) is 23.1 Å². The number of hydrogen-bond donors (Lipinski definition) is 1. The third-order valence-electron chi connectivity index (χ3n) is 3.53. The molecule has 3 aromatic rings. The van der Waals surface area contributed by atoms with Crippen LogP contribution in [0, 0.1) is 6.92 Å². The SMILES string of the molecule is CCOc1ccc(-c2n[nH]c(-c3ccc(C)cc3)n2)cc1OC. The summed E-state index contributed by atoms with van der Waals surface area (Å²) in [4.78, 5) is 4.57. The van der Waals surface area contributed by atoms with E-state index < -0.39 is 0 Å². The first-order valence-electron chi connectivity index (χ1n) is 7.52. The van der Waals surface area contributed by atoms with Crippen molar-refractivity contribution in [1.29, 1.82) is 0 Å². The van der Waals surface area contributed by atoms with Gasteiger partial charge in [0, 0.05) is 11.1 Å². The molecular formula is C18H19N3O2. The molecule has 0 bridgehead atoms. The molecule has 0 aliphatic heterocycles. The molecule has 0 amide bonds. The number of aryl methyl sites for hydroxylation is 1. The average molecular weight is 309 g/mol. The first-order chi connectivity index (χ1) is 11.2. The van der Waals surface area contributed by atoms with E-state index in [-0.39, 0.29) is 0 Å². The minimum atomic E-state index is 0.591. The van der Waals surface area contributed by atoms with Crippen molar-refractivity contribution in [2.45, 2.75) is 13.8 Å². The monoisotopic (exact) mass is 309 g/mol. The van der Waals surface area contributed by atoms with E-state index in [4.69, 9.17) is 9.47 Å². The normalized spacial score (nSPS) is 10.6. The van der Waals surface area contributed by atoms with Gasteiger partial charge in [-0.2, -0.15) is 5.10 Å². The zero-order valence-corrected chi connectivity index (χ0v) is 13.5. The number of aromatic nitrogens is 3. The number of methoxy groups -OCH3 is 1. The van der Waals surface area contributed by atoms with Gasteiger partial charge in [-0.3, -0.25) is 5.10 Å². The number of nitrogens with zero attached hydrogens (tertiary/aromatic N) is 2. The fourth-order valence-corrected chi connectivity index (χ4v) is 2.31. The number of H-pyrrole nitrogens is 1. The summed E-state index contributed by atoms with van der Waals surface area (Å²) >= 11 is 0. The Hall–Kier alpha value is -2.82. The highest BCUT2D eigenvalue weighted by atomic mass is 16.5. The smallest absolute Gasteiger partial charge is 0.181 e. The molecule has 2 aromatic carbocycles. The number of nitrogens with one attached hydrogen (secondary N) is 1. The zero-order chi connectivity index (χ0) is 16.2. The Bertz CT molecular complexity index is 794. The third kappa shape index (κ3) is 3.18. The highest BCUT2D eigenvalue weighted by molar-refractivity contribution is 5.64. The van der Waals surface area contributed by atoms with Crippen LogP contribution in [-0.2, 0) is 0 Å². The predicted molar refractivity (Wildman–Crippen MR) is 89.7 cm³/mol. The summed E-state index contributed by atoms with van der Waals surface area (Å²) in [7, 11) is 1.62. The number of rotatable bonds is 5. The number of aromatic amines is 1. The molecule has 0 fully saturated rings. The molecule has 0 saturated heterocycles. The molecule has 0 unspecified atom stereocenters. The molecule has 23 heavy (non-hydrogen) atoms. The van der Waals surface area contributed by atoms with Gasteiger partial charge in [-0.15, -0.1) is 0 Å². The van der Waals surface area contributed by atoms with Crippen molar-refractivity contribution in [1.82, 2.24) is 15.2 Å². The van der Waals surface area contributed by atoms with Crippen molar-refractivity contribution in [3.63, 3.8) is 0 Å². The van der Waals surface area contributed by atoms with E-state index in [2.05, 4.69) is 34.2 Å². The highest BCUT2D eigenvalue weighted by Crippen LogP contribution is 2.31. The van der Waals surface area contributed by atoms with Crippen LogP contribution in [0.15, 0.2) is 42.5 Å². The van der Waals surface area contributed by atoms with Crippen molar-refractivity contribution in [2.24, 2.45) is 0 Å². The minimum absolute atomic E-state index is 0.591. The van der Waals surface area contributed by atoms with Crippen LogP contribution < -0.4 is 9.47 Å². The van der Waals surface area contributed by atoms with Crippen LogP contribution in [-0.4, -0.2) is 28.9 Å². The number of benzene rings is 2. The molecule has 1 aromatic heterocycles. The molecular weight excluding hydrogens is 290 g/mol. The molecule has 3 rings (SSSR count).